The smallest absolute Gasteiger partial charge is 0.227 e. The van der Waals surface area contributed by atoms with Crippen LogP contribution in [0.5, 0.6) is 0 Å². The third kappa shape index (κ3) is 3.55. The molecule has 0 saturated heterocycles. The van der Waals surface area contributed by atoms with E-state index in [1.165, 1.54) is 0 Å². The first-order valence-corrected chi connectivity index (χ1v) is 7.43. The Morgan fingerprint density at radius 2 is 1.77 bits per heavy atom. The summed E-state index contributed by atoms with van der Waals surface area (Å²) in [6.45, 7) is 0. The predicted octanol–water partition coefficient (Wildman–Crippen LogP) is 3.24. The van der Waals surface area contributed by atoms with Gasteiger partial charge in [-0.3, -0.25) is 4.79 Å². The molecule has 1 aliphatic carbocycles. The first-order chi connectivity index (χ1) is 10.6. The van der Waals surface area contributed by atoms with Crippen LogP contribution in [0, 0.1) is 5.92 Å². The Morgan fingerprint density at radius 1 is 1.09 bits per heavy atom. The molecular formula is C17H20N4O. The second kappa shape index (κ2) is 6.05. The van der Waals surface area contributed by atoms with Gasteiger partial charge in [-0.05, 0) is 49.2 Å². The molecule has 5 nitrogen and oxygen atoms in total. The SMILES string of the molecule is CN(C)c1ccc(Nc2ccc(NC(=O)C3CC3)cn2)cc1. The zero-order valence-corrected chi connectivity index (χ0v) is 12.8. The standard InChI is InChI=1S/C17H20N4O/c1-21(2)15-8-5-13(6-9-15)19-16-10-7-14(11-18-16)20-17(22)12-3-4-12/h5-12H,3-4H2,1-2H3,(H,18,19)(H,20,22). The van der Waals surface area contributed by atoms with Gasteiger partial charge < -0.3 is 15.5 Å². The molecule has 1 saturated carbocycles. The number of benzene rings is 1. The van der Waals surface area contributed by atoms with E-state index in [9.17, 15) is 4.79 Å². The molecule has 22 heavy (non-hydrogen) atoms. The lowest BCUT2D eigenvalue weighted by molar-refractivity contribution is -0.117. The largest absolute Gasteiger partial charge is 0.378 e. The first kappa shape index (κ1) is 14.4. The number of carbonyl (C=O) groups is 1. The van der Waals surface area contributed by atoms with Crippen LogP contribution in [-0.4, -0.2) is 25.0 Å². The summed E-state index contributed by atoms with van der Waals surface area (Å²) in [5.74, 6) is 1.05. The molecule has 1 amide bonds. The number of anilines is 4. The highest BCUT2D eigenvalue weighted by atomic mass is 16.2. The van der Waals surface area contributed by atoms with Gasteiger partial charge in [-0.25, -0.2) is 4.98 Å². The number of hydrogen-bond donors (Lipinski definition) is 2. The van der Waals surface area contributed by atoms with Crippen molar-refractivity contribution in [2.45, 2.75) is 12.8 Å². The lowest BCUT2D eigenvalue weighted by atomic mass is 10.2. The lowest BCUT2D eigenvalue weighted by Gasteiger charge is -2.13. The summed E-state index contributed by atoms with van der Waals surface area (Å²) in [5, 5.41) is 6.12. The van der Waals surface area contributed by atoms with Crippen LogP contribution in [0.4, 0.5) is 22.9 Å². The summed E-state index contributed by atoms with van der Waals surface area (Å²) in [7, 11) is 4.03. The molecule has 0 atom stereocenters. The van der Waals surface area contributed by atoms with Gasteiger partial charge in [0.25, 0.3) is 0 Å². The quantitative estimate of drug-likeness (QED) is 0.889. The van der Waals surface area contributed by atoms with Crippen molar-refractivity contribution in [1.29, 1.82) is 0 Å². The van der Waals surface area contributed by atoms with Crippen molar-refractivity contribution in [2.75, 3.05) is 29.6 Å². The Balaban J connectivity index is 1.61. The van der Waals surface area contributed by atoms with Gasteiger partial charge in [0.2, 0.25) is 5.91 Å². The van der Waals surface area contributed by atoms with Gasteiger partial charge in [-0.15, -0.1) is 0 Å². The monoisotopic (exact) mass is 296 g/mol. The average Bonchev–Trinajstić information content (AvgIpc) is 3.34. The van der Waals surface area contributed by atoms with E-state index in [1.807, 2.05) is 50.5 Å². The van der Waals surface area contributed by atoms with Gasteiger partial charge in [0.15, 0.2) is 0 Å². The highest BCUT2D eigenvalue weighted by molar-refractivity contribution is 5.93. The molecule has 2 aromatic rings. The van der Waals surface area contributed by atoms with E-state index in [0.717, 1.165) is 35.7 Å². The van der Waals surface area contributed by atoms with Gasteiger partial charge in [-0.2, -0.15) is 0 Å². The second-order valence-electron chi connectivity index (χ2n) is 5.76. The van der Waals surface area contributed by atoms with E-state index in [4.69, 9.17) is 0 Å². The molecule has 3 rings (SSSR count). The zero-order valence-electron chi connectivity index (χ0n) is 12.8. The van der Waals surface area contributed by atoms with E-state index < -0.39 is 0 Å². The van der Waals surface area contributed by atoms with Gasteiger partial charge in [0.05, 0.1) is 11.9 Å². The number of pyridine rings is 1. The Kier molecular flexibility index (Phi) is 3.96. The molecule has 1 aromatic heterocycles. The van der Waals surface area contributed by atoms with Crippen LogP contribution in [0.3, 0.4) is 0 Å². The van der Waals surface area contributed by atoms with E-state index in [1.54, 1.807) is 6.20 Å². The minimum atomic E-state index is 0.0989. The average molecular weight is 296 g/mol. The second-order valence-corrected chi connectivity index (χ2v) is 5.76. The van der Waals surface area contributed by atoms with E-state index in [2.05, 4.69) is 20.5 Å². The van der Waals surface area contributed by atoms with Gasteiger partial charge in [0.1, 0.15) is 5.82 Å². The van der Waals surface area contributed by atoms with Crippen molar-refractivity contribution in [3.63, 3.8) is 0 Å². The molecular weight excluding hydrogens is 276 g/mol. The highest BCUT2D eigenvalue weighted by Gasteiger charge is 2.29. The molecule has 1 aliphatic rings. The van der Waals surface area contributed by atoms with Crippen molar-refractivity contribution >= 4 is 28.8 Å². The van der Waals surface area contributed by atoms with Crippen molar-refractivity contribution in [2.24, 2.45) is 5.92 Å². The molecule has 0 bridgehead atoms. The third-order valence-electron chi connectivity index (χ3n) is 3.64. The molecule has 0 aliphatic heterocycles. The van der Waals surface area contributed by atoms with E-state index in [-0.39, 0.29) is 11.8 Å². The molecule has 0 spiro atoms. The Hall–Kier alpha value is -2.56. The van der Waals surface area contributed by atoms with Crippen LogP contribution in [0.2, 0.25) is 0 Å². The van der Waals surface area contributed by atoms with Crippen LogP contribution < -0.4 is 15.5 Å². The van der Waals surface area contributed by atoms with Crippen molar-refractivity contribution < 1.29 is 4.79 Å². The van der Waals surface area contributed by atoms with Gasteiger partial charge in [0, 0.05) is 31.4 Å². The summed E-state index contributed by atoms with van der Waals surface area (Å²) in [6, 6.07) is 11.9. The molecule has 1 aromatic carbocycles. The Morgan fingerprint density at radius 3 is 2.32 bits per heavy atom. The maximum absolute atomic E-state index is 11.7. The lowest BCUT2D eigenvalue weighted by Crippen LogP contribution is -2.13. The number of nitrogens with one attached hydrogen (secondary N) is 2. The summed E-state index contributed by atoms with van der Waals surface area (Å²) in [6.07, 6.45) is 3.68. The predicted molar refractivity (Wildman–Crippen MR) is 89.6 cm³/mol. The summed E-state index contributed by atoms with van der Waals surface area (Å²) >= 11 is 0. The minimum absolute atomic E-state index is 0.0989. The molecule has 1 heterocycles. The number of aromatic nitrogens is 1. The normalized spacial score (nSPS) is 13.5. The fourth-order valence-corrected chi connectivity index (χ4v) is 2.12. The molecule has 114 valence electrons. The summed E-state index contributed by atoms with van der Waals surface area (Å²) in [4.78, 5) is 18.1. The Labute approximate surface area is 130 Å². The fourth-order valence-electron chi connectivity index (χ4n) is 2.12. The first-order valence-electron chi connectivity index (χ1n) is 7.43. The van der Waals surface area contributed by atoms with Crippen LogP contribution in [0.1, 0.15) is 12.8 Å². The third-order valence-corrected chi connectivity index (χ3v) is 3.64. The maximum Gasteiger partial charge on any atom is 0.227 e. The molecule has 0 unspecified atom stereocenters. The van der Waals surface area contributed by atoms with Gasteiger partial charge in [-0.1, -0.05) is 0 Å². The van der Waals surface area contributed by atoms with Crippen LogP contribution in [-0.2, 0) is 4.79 Å². The number of nitrogens with zero attached hydrogens (tertiary/aromatic N) is 2. The molecule has 2 N–H and O–H groups in total. The van der Waals surface area contributed by atoms with E-state index >= 15 is 0 Å². The van der Waals surface area contributed by atoms with Crippen LogP contribution >= 0.6 is 0 Å². The maximum atomic E-state index is 11.7. The fraction of sp³-hybridized carbons (Fsp3) is 0.294. The van der Waals surface area contributed by atoms with Crippen molar-refractivity contribution in [3.8, 4) is 0 Å². The minimum Gasteiger partial charge on any atom is -0.378 e. The number of hydrogen-bond acceptors (Lipinski definition) is 4. The van der Waals surface area contributed by atoms with Crippen LogP contribution in [0.15, 0.2) is 42.6 Å². The highest BCUT2D eigenvalue weighted by Crippen LogP contribution is 2.30. The summed E-state index contributed by atoms with van der Waals surface area (Å²) in [5.41, 5.74) is 2.87. The van der Waals surface area contributed by atoms with Crippen LogP contribution in [0.25, 0.3) is 0 Å². The molecule has 0 radical (unpaired) electrons. The van der Waals surface area contributed by atoms with Gasteiger partial charge >= 0.3 is 0 Å². The summed E-state index contributed by atoms with van der Waals surface area (Å²) < 4.78 is 0. The number of carbonyl (C=O) groups excluding carboxylic acids is 1. The Bertz CT molecular complexity index is 645. The molecule has 1 fully saturated rings. The molecule has 5 heteroatoms. The van der Waals surface area contributed by atoms with Crippen molar-refractivity contribution in [1.82, 2.24) is 4.98 Å². The number of rotatable bonds is 5. The van der Waals surface area contributed by atoms with E-state index in [0.29, 0.717) is 0 Å². The topological polar surface area (TPSA) is 57.3 Å². The zero-order chi connectivity index (χ0) is 15.5. The van der Waals surface area contributed by atoms with Crippen molar-refractivity contribution in [3.05, 3.63) is 42.6 Å². The number of amides is 1.